The summed E-state index contributed by atoms with van der Waals surface area (Å²) in [4.78, 5) is 18.1. The lowest BCUT2D eigenvalue weighted by atomic mass is 9.93. The molecule has 2 heterocycles. The number of nitrogens with two attached hydrogens (primary N) is 1. The first kappa shape index (κ1) is 12.8. The average Bonchev–Trinajstić information content (AvgIpc) is 2.37. The first-order valence-corrected chi connectivity index (χ1v) is 6.34. The van der Waals surface area contributed by atoms with Gasteiger partial charge in [0.25, 0.3) is 0 Å². The Morgan fingerprint density at radius 3 is 3.06 bits per heavy atom. The third-order valence-corrected chi connectivity index (χ3v) is 3.26. The Kier molecular flexibility index (Phi) is 3.81. The molecule has 1 aliphatic rings. The van der Waals surface area contributed by atoms with Gasteiger partial charge in [0.15, 0.2) is 0 Å². The van der Waals surface area contributed by atoms with Crippen molar-refractivity contribution in [2.45, 2.75) is 38.8 Å². The number of fused-ring (bicyclic) bond motifs is 1. The Bertz CT molecular complexity index is 436. The lowest BCUT2D eigenvalue weighted by molar-refractivity contribution is 0.154. The molecule has 2 atom stereocenters. The Hall–Kier alpha value is -1.62. The highest BCUT2D eigenvalue weighted by Gasteiger charge is 2.36. The van der Waals surface area contributed by atoms with E-state index in [4.69, 9.17) is 10.5 Å². The molecule has 1 aliphatic heterocycles. The summed E-state index contributed by atoms with van der Waals surface area (Å²) in [7, 11) is 0. The van der Waals surface area contributed by atoms with Gasteiger partial charge in [0.05, 0.1) is 24.0 Å². The molecule has 0 spiro atoms. The predicted octanol–water partition coefficient (Wildman–Crippen LogP) is 1.71. The van der Waals surface area contributed by atoms with Crippen molar-refractivity contribution < 1.29 is 9.53 Å². The monoisotopic (exact) mass is 249 g/mol. The van der Waals surface area contributed by atoms with Crippen LogP contribution < -0.4 is 10.6 Å². The molecule has 1 amide bonds. The van der Waals surface area contributed by atoms with E-state index in [0.717, 1.165) is 17.8 Å². The molecular formula is C13H19N3O2. The zero-order valence-electron chi connectivity index (χ0n) is 10.8. The van der Waals surface area contributed by atoms with Crippen LogP contribution in [0.4, 0.5) is 10.5 Å². The van der Waals surface area contributed by atoms with E-state index in [2.05, 4.69) is 4.98 Å². The van der Waals surface area contributed by atoms with Gasteiger partial charge in [0.1, 0.15) is 0 Å². The van der Waals surface area contributed by atoms with Crippen molar-refractivity contribution in [2.75, 3.05) is 11.5 Å². The van der Waals surface area contributed by atoms with Gasteiger partial charge in [-0.3, -0.25) is 9.88 Å². The lowest BCUT2D eigenvalue weighted by Gasteiger charge is -2.39. The molecule has 18 heavy (non-hydrogen) atoms. The molecule has 5 nitrogen and oxygen atoms in total. The van der Waals surface area contributed by atoms with Crippen molar-refractivity contribution in [3.05, 3.63) is 24.0 Å². The zero-order valence-corrected chi connectivity index (χ0v) is 10.8. The molecule has 5 heteroatoms. The van der Waals surface area contributed by atoms with Gasteiger partial charge in [0, 0.05) is 18.7 Å². The fourth-order valence-electron chi connectivity index (χ4n) is 2.45. The van der Waals surface area contributed by atoms with E-state index in [9.17, 15) is 4.79 Å². The average molecular weight is 249 g/mol. The zero-order chi connectivity index (χ0) is 13.1. The number of amides is 1. The standard InChI is InChI=1S/C13H19N3O2/c1-3-11-9(14)8-10-12(6-5-7-15-10)16(11)13(17)18-4-2/h5-7,9,11H,3-4,8,14H2,1-2H3. The maximum Gasteiger partial charge on any atom is 0.414 e. The minimum Gasteiger partial charge on any atom is -0.449 e. The van der Waals surface area contributed by atoms with Crippen molar-refractivity contribution >= 4 is 11.8 Å². The third-order valence-electron chi connectivity index (χ3n) is 3.26. The van der Waals surface area contributed by atoms with Gasteiger partial charge < -0.3 is 10.5 Å². The second-order valence-electron chi connectivity index (χ2n) is 4.38. The van der Waals surface area contributed by atoms with Crippen LogP contribution in [0.2, 0.25) is 0 Å². The quantitative estimate of drug-likeness (QED) is 0.866. The van der Waals surface area contributed by atoms with Crippen LogP contribution in [0.3, 0.4) is 0 Å². The topological polar surface area (TPSA) is 68.5 Å². The van der Waals surface area contributed by atoms with Crippen LogP contribution in [0.1, 0.15) is 26.0 Å². The highest BCUT2D eigenvalue weighted by Crippen LogP contribution is 2.30. The molecule has 0 bridgehead atoms. The normalized spacial score (nSPS) is 22.5. The summed E-state index contributed by atoms with van der Waals surface area (Å²) >= 11 is 0. The van der Waals surface area contributed by atoms with Crippen LogP contribution in [0.25, 0.3) is 0 Å². The Balaban J connectivity index is 2.40. The molecule has 0 aliphatic carbocycles. The summed E-state index contributed by atoms with van der Waals surface area (Å²) in [5.74, 6) is 0. The molecule has 1 aromatic rings. The van der Waals surface area contributed by atoms with Crippen LogP contribution in [0.5, 0.6) is 0 Å². The van der Waals surface area contributed by atoms with Gasteiger partial charge in [0.2, 0.25) is 0 Å². The van der Waals surface area contributed by atoms with Gasteiger partial charge >= 0.3 is 6.09 Å². The smallest absolute Gasteiger partial charge is 0.414 e. The van der Waals surface area contributed by atoms with Crippen LogP contribution in [-0.2, 0) is 11.2 Å². The lowest BCUT2D eigenvalue weighted by Crippen LogP contribution is -2.55. The van der Waals surface area contributed by atoms with E-state index in [1.807, 2.05) is 19.1 Å². The number of pyridine rings is 1. The Labute approximate surface area is 107 Å². The molecule has 2 unspecified atom stereocenters. The highest BCUT2D eigenvalue weighted by atomic mass is 16.6. The van der Waals surface area contributed by atoms with Gasteiger partial charge in [-0.1, -0.05) is 6.92 Å². The number of nitrogens with zero attached hydrogens (tertiary/aromatic N) is 2. The molecule has 98 valence electrons. The summed E-state index contributed by atoms with van der Waals surface area (Å²) in [6.45, 7) is 4.18. The van der Waals surface area contributed by atoms with Gasteiger partial charge in [-0.25, -0.2) is 4.79 Å². The molecule has 2 rings (SSSR count). The number of hydrogen-bond donors (Lipinski definition) is 1. The van der Waals surface area contributed by atoms with E-state index >= 15 is 0 Å². The van der Waals surface area contributed by atoms with E-state index < -0.39 is 0 Å². The van der Waals surface area contributed by atoms with Crippen LogP contribution in [0, 0.1) is 0 Å². The van der Waals surface area contributed by atoms with Crippen molar-refractivity contribution in [2.24, 2.45) is 5.73 Å². The summed E-state index contributed by atoms with van der Waals surface area (Å²) in [6, 6.07) is 3.60. The van der Waals surface area contributed by atoms with Crippen molar-refractivity contribution in [1.82, 2.24) is 4.98 Å². The molecule has 0 saturated heterocycles. The van der Waals surface area contributed by atoms with Gasteiger partial charge in [-0.05, 0) is 25.5 Å². The van der Waals surface area contributed by atoms with Crippen molar-refractivity contribution in [3.63, 3.8) is 0 Å². The number of aromatic nitrogens is 1. The van der Waals surface area contributed by atoms with Crippen molar-refractivity contribution in [1.29, 1.82) is 0 Å². The summed E-state index contributed by atoms with van der Waals surface area (Å²) in [5.41, 5.74) is 7.83. The summed E-state index contributed by atoms with van der Waals surface area (Å²) < 4.78 is 5.12. The molecular weight excluding hydrogens is 230 g/mol. The fourth-order valence-corrected chi connectivity index (χ4v) is 2.45. The SMILES string of the molecule is CCOC(=O)N1c2cccnc2CC(N)C1CC. The Morgan fingerprint density at radius 2 is 2.39 bits per heavy atom. The van der Waals surface area contributed by atoms with Crippen LogP contribution in [-0.4, -0.2) is 29.8 Å². The molecule has 0 fully saturated rings. The molecule has 1 aromatic heterocycles. The predicted molar refractivity (Wildman–Crippen MR) is 69.5 cm³/mol. The van der Waals surface area contributed by atoms with E-state index in [1.165, 1.54) is 0 Å². The minimum absolute atomic E-state index is 0.0271. The van der Waals surface area contributed by atoms with E-state index in [-0.39, 0.29) is 18.2 Å². The maximum absolute atomic E-state index is 12.1. The highest BCUT2D eigenvalue weighted by molar-refractivity contribution is 5.89. The van der Waals surface area contributed by atoms with Gasteiger partial charge in [-0.15, -0.1) is 0 Å². The summed E-state index contributed by atoms with van der Waals surface area (Å²) in [5, 5.41) is 0. The van der Waals surface area contributed by atoms with Crippen LogP contribution >= 0.6 is 0 Å². The third kappa shape index (κ3) is 2.18. The van der Waals surface area contributed by atoms with Crippen molar-refractivity contribution in [3.8, 4) is 0 Å². The first-order valence-electron chi connectivity index (χ1n) is 6.34. The molecule has 0 saturated carbocycles. The first-order chi connectivity index (χ1) is 8.69. The van der Waals surface area contributed by atoms with Crippen LogP contribution in [0.15, 0.2) is 18.3 Å². The second-order valence-corrected chi connectivity index (χ2v) is 4.38. The molecule has 0 radical (unpaired) electrons. The number of rotatable bonds is 2. The molecule has 2 N–H and O–H groups in total. The minimum atomic E-state index is -0.339. The number of anilines is 1. The van der Waals surface area contributed by atoms with E-state index in [0.29, 0.717) is 13.0 Å². The van der Waals surface area contributed by atoms with E-state index in [1.54, 1.807) is 18.0 Å². The second kappa shape index (κ2) is 5.35. The molecule has 0 aromatic carbocycles. The number of carbonyl (C=O) groups is 1. The maximum atomic E-state index is 12.1. The summed E-state index contributed by atoms with van der Waals surface area (Å²) in [6.07, 6.45) is 2.88. The number of hydrogen-bond acceptors (Lipinski definition) is 4. The van der Waals surface area contributed by atoms with Gasteiger partial charge in [-0.2, -0.15) is 0 Å². The number of carbonyl (C=O) groups excluding carboxylic acids is 1. The largest absolute Gasteiger partial charge is 0.449 e. The number of ether oxygens (including phenoxy) is 1. The fraction of sp³-hybridized carbons (Fsp3) is 0.538. The Morgan fingerprint density at radius 1 is 1.61 bits per heavy atom.